The number of aliphatic carboxylic acids is 1. The molecular formula is C13H24N2O3. The molecule has 0 bridgehead atoms. The van der Waals surface area contributed by atoms with Crippen molar-refractivity contribution in [3.05, 3.63) is 0 Å². The van der Waals surface area contributed by atoms with Crippen LogP contribution in [-0.2, 0) is 9.59 Å². The summed E-state index contributed by atoms with van der Waals surface area (Å²) in [6, 6.07) is -0.677. The summed E-state index contributed by atoms with van der Waals surface area (Å²) in [4.78, 5) is 23.0. The Morgan fingerprint density at radius 3 is 2.72 bits per heavy atom. The van der Waals surface area contributed by atoms with Crippen molar-refractivity contribution in [2.75, 3.05) is 0 Å². The Balaban J connectivity index is 2.46. The van der Waals surface area contributed by atoms with E-state index in [1.165, 1.54) is 0 Å². The zero-order valence-corrected chi connectivity index (χ0v) is 11.0. The quantitative estimate of drug-likeness (QED) is 0.667. The number of carboxylic acids is 1. The second-order valence-electron chi connectivity index (χ2n) is 5.17. The number of hydrogen-bond donors (Lipinski definition) is 3. The van der Waals surface area contributed by atoms with Gasteiger partial charge in [0.1, 0.15) is 6.04 Å². The van der Waals surface area contributed by atoms with Gasteiger partial charge in [-0.3, -0.25) is 4.79 Å². The van der Waals surface area contributed by atoms with Gasteiger partial charge in [-0.25, -0.2) is 4.79 Å². The molecule has 0 radical (unpaired) electrons. The lowest BCUT2D eigenvalue weighted by Gasteiger charge is -2.27. The maximum absolute atomic E-state index is 12.0. The molecule has 104 valence electrons. The normalized spacial score (nSPS) is 25.4. The van der Waals surface area contributed by atoms with E-state index < -0.39 is 12.0 Å². The number of unbranched alkanes of at least 4 members (excludes halogenated alkanes) is 1. The van der Waals surface area contributed by atoms with E-state index in [0.717, 1.165) is 32.1 Å². The van der Waals surface area contributed by atoms with Crippen LogP contribution in [0, 0.1) is 5.92 Å². The standard InChI is InChI=1S/C13H24N2O3/c1-2-3-7-11(13(17)18)15-12(16)9-5-4-6-10(14)8-9/h9-11H,2-8,14H2,1H3,(H,15,16)(H,17,18)/t9?,10?,11-/m0/s1. The van der Waals surface area contributed by atoms with Gasteiger partial charge in [0.25, 0.3) is 0 Å². The molecular weight excluding hydrogens is 232 g/mol. The largest absolute Gasteiger partial charge is 0.480 e. The van der Waals surface area contributed by atoms with Gasteiger partial charge in [0.15, 0.2) is 0 Å². The fraction of sp³-hybridized carbons (Fsp3) is 0.846. The van der Waals surface area contributed by atoms with E-state index in [9.17, 15) is 9.59 Å². The number of nitrogens with two attached hydrogens (primary N) is 1. The van der Waals surface area contributed by atoms with E-state index in [0.29, 0.717) is 12.8 Å². The zero-order chi connectivity index (χ0) is 13.5. The van der Waals surface area contributed by atoms with Gasteiger partial charge >= 0.3 is 5.97 Å². The topological polar surface area (TPSA) is 92.4 Å². The minimum absolute atomic E-state index is 0.0772. The van der Waals surface area contributed by atoms with Gasteiger partial charge in [-0.15, -0.1) is 0 Å². The first-order valence-corrected chi connectivity index (χ1v) is 6.83. The molecule has 2 unspecified atom stereocenters. The molecule has 3 atom stereocenters. The molecule has 0 spiro atoms. The molecule has 0 aromatic carbocycles. The third-order valence-electron chi connectivity index (χ3n) is 3.55. The van der Waals surface area contributed by atoms with Crippen LogP contribution >= 0.6 is 0 Å². The first kappa shape index (κ1) is 15.0. The summed E-state index contributed by atoms with van der Waals surface area (Å²) >= 11 is 0. The highest BCUT2D eigenvalue weighted by molar-refractivity contribution is 5.85. The monoisotopic (exact) mass is 256 g/mol. The maximum atomic E-state index is 12.0. The SMILES string of the molecule is CCCC[C@H](NC(=O)C1CCCC(N)C1)C(=O)O. The Labute approximate surface area is 108 Å². The lowest BCUT2D eigenvalue weighted by molar-refractivity contribution is -0.142. The van der Waals surface area contributed by atoms with Crippen LogP contribution in [0.4, 0.5) is 0 Å². The molecule has 18 heavy (non-hydrogen) atoms. The highest BCUT2D eigenvalue weighted by Gasteiger charge is 2.28. The maximum Gasteiger partial charge on any atom is 0.326 e. The first-order chi connectivity index (χ1) is 8.54. The predicted octanol–water partition coefficient (Wildman–Crippen LogP) is 1.26. The second kappa shape index (κ2) is 7.36. The number of carboxylic acid groups (broad SMARTS) is 1. The molecule has 5 heteroatoms. The third-order valence-corrected chi connectivity index (χ3v) is 3.55. The lowest BCUT2D eigenvalue weighted by atomic mass is 9.85. The minimum atomic E-state index is -0.947. The van der Waals surface area contributed by atoms with Crippen LogP contribution < -0.4 is 11.1 Å². The van der Waals surface area contributed by atoms with Crippen LogP contribution in [-0.4, -0.2) is 29.1 Å². The molecule has 1 rings (SSSR count). The molecule has 0 saturated heterocycles. The van der Waals surface area contributed by atoms with Crippen molar-refractivity contribution >= 4 is 11.9 Å². The fourth-order valence-corrected chi connectivity index (χ4v) is 2.42. The molecule has 0 aliphatic heterocycles. The summed E-state index contributed by atoms with van der Waals surface area (Å²) in [5.74, 6) is -1.21. The van der Waals surface area contributed by atoms with Crippen LogP contribution in [0.5, 0.6) is 0 Å². The summed E-state index contributed by atoms with van der Waals surface area (Å²) in [5, 5.41) is 11.7. The van der Waals surface area contributed by atoms with E-state index in [-0.39, 0.29) is 17.9 Å². The van der Waals surface area contributed by atoms with Crippen LogP contribution in [0.3, 0.4) is 0 Å². The average Bonchev–Trinajstić information content (AvgIpc) is 2.33. The molecule has 0 aromatic rings. The van der Waals surface area contributed by atoms with Crippen molar-refractivity contribution in [3.63, 3.8) is 0 Å². The van der Waals surface area contributed by atoms with Crippen molar-refractivity contribution in [2.45, 2.75) is 64.0 Å². The number of rotatable bonds is 6. The van der Waals surface area contributed by atoms with Gasteiger partial charge in [-0.1, -0.05) is 26.2 Å². The van der Waals surface area contributed by atoms with E-state index in [1.54, 1.807) is 0 Å². The summed E-state index contributed by atoms with van der Waals surface area (Å²) in [5.41, 5.74) is 5.84. The minimum Gasteiger partial charge on any atom is -0.480 e. The predicted molar refractivity (Wildman–Crippen MR) is 69.0 cm³/mol. The van der Waals surface area contributed by atoms with E-state index in [1.807, 2.05) is 6.92 Å². The number of hydrogen-bond acceptors (Lipinski definition) is 3. The molecule has 4 N–H and O–H groups in total. The summed E-state index contributed by atoms with van der Waals surface area (Å²) in [6.07, 6.45) is 5.63. The van der Waals surface area contributed by atoms with Crippen LogP contribution in [0.25, 0.3) is 0 Å². The molecule has 5 nitrogen and oxygen atoms in total. The van der Waals surface area contributed by atoms with E-state index >= 15 is 0 Å². The van der Waals surface area contributed by atoms with Gasteiger partial charge in [0.2, 0.25) is 5.91 Å². The van der Waals surface area contributed by atoms with Gasteiger partial charge in [0.05, 0.1) is 0 Å². The van der Waals surface area contributed by atoms with Crippen LogP contribution in [0.1, 0.15) is 51.9 Å². The Morgan fingerprint density at radius 2 is 2.17 bits per heavy atom. The first-order valence-electron chi connectivity index (χ1n) is 6.83. The fourth-order valence-electron chi connectivity index (χ4n) is 2.42. The second-order valence-corrected chi connectivity index (χ2v) is 5.17. The average molecular weight is 256 g/mol. The summed E-state index contributed by atoms with van der Waals surface area (Å²) in [7, 11) is 0. The number of amides is 1. The Hall–Kier alpha value is -1.10. The molecule has 0 aromatic heterocycles. The molecule has 1 aliphatic carbocycles. The van der Waals surface area contributed by atoms with Crippen molar-refractivity contribution in [1.82, 2.24) is 5.32 Å². The Morgan fingerprint density at radius 1 is 1.44 bits per heavy atom. The van der Waals surface area contributed by atoms with E-state index in [2.05, 4.69) is 5.32 Å². The van der Waals surface area contributed by atoms with Crippen LogP contribution in [0.2, 0.25) is 0 Å². The van der Waals surface area contributed by atoms with Crippen molar-refractivity contribution in [2.24, 2.45) is 11.7 Å². The number of carbonyl (C=O) groups is 2. The van der Waals surface area contributed by atoms with Crippen molar-refractivity contribution < 1.29 is 14.7 Å². The highest BCUT2D eigenvalue weighted by atomic mass is 16.4. The van der Waals surface area contributed by atoms with Gasteiger partial charge in [-0.2, -0.15) is 0 Å². The summed E-state index contributed by atoms with van der Waals surface area (Å²) < 4.78 is 0. The van der Waals surface area contributed by atoms with Crippen LogP contribution in [0.15, 0.2) is 0 Å². The van der Waals surface area contributed by atoms with E-state index in [4.69, 9.17) is 10.8 Å². The van der Waals surface area contributed by atoms with Gasteiger partial charge in [-0.05, 0) is 25.7 Å². The zero-order valence-electron chi connectivity index (χ0n) is 11.0. The van der Waals surface area contributed by atoms with Crippen molar-refractivity contribution in [3.8, 4) is 0 Å². The number of nitrogens with one attached hydrogen (secondary N) is 1. The van der Waals surface area contributed by atoms with Gasteiger partial charge < -0.3 is 16.2 Å². The highest BCUT2D eigenvalue weighted by Crippen LogP contribution is 2.23. The molecule has 1 fully saturated rings. The lowest BCUT2D eigenvalue weighted by Crippen LogP contribution is -2.45. The summed E-state index contributed by atoms with van der Waals surface area (Å²) in [6.45, 7) is 2.00. The van der Waals surface area contributed by atoms with Gasteiger partial charge in [0, 0.05) is 12.0 Å². The molecule has 1 saturated carbocycles. The van der Waals surface area contributed by atoms with Crippen molar-refractivity contribution in [1.29, 1.82) is 0 Å². The molecule has 0 heterocycles. The smallest absolute Gasteiger partial charge is 0.326 e. The number of carbonyl (C=O) groups excluding carboxylic acids is 1. The Bertz CT molecular complexity index is 294. The molecule has 1 amide bonds. The third kappa shape index (κ3) is 4.64. The Kier molecular flexibility index (Phi) is 6.12. The molecule has 1 aliphatic rings.